The van der Waals surface area contributed by atoms with E-state index in [1.165, 1.54) is 0 Å². The molecule has 0 saturated carbocycles. The summed E-state index contributed by atoms with van der Waals surface area (Å²) in [6.07, 6.45) is 5.57. The molecule has 1 aliphatic rings. The molecular weight excluding hydrogens is 254 g/mol. The monoisotopic (exact) mass is 275 g/mol. The largest absolute Gasteiger partial charge is 0.454 e. The van der Waals surface area contributed by atoms with E-state index in [1.54, 1.807) is 6.08 Å². The molecule has 0 spiro atoms. The first-order valence-corrected chi connectivity index (χ1v) is 7.11. The van der Waals surface area contributed by atoms with Gasteiger partial charge in [-0.2, -0.15) is 0 Å². The van der Waals surface area contributed by atoms with Gasteiger partial charge in [-0.15, -0.1) is 0 Å². The van der Waals surface area contributed by atoms with E-state index in [4.69, 9.17) is 9.47 Å². The number of hydrogen-bond donors (Lipinski definition) is 0. The third kappa shape index (κ3) is 3.53. The molecule has 1 aromatic carbocycles. The molecular formula is C16H21NO3. The Morgan fingerprint density at radius 3 is 2.85 bits per heavy atom. The molecule has 20 heavy (non-hydrogen) atoms. The van der Waals surface area contributed by atoms with Gasteiger partial charge in [0, 0.05) is 19.2 Å². The van der Waals surface area contributed by atoms with Crippen molar-refractivity contribution in [1.82, 2.24) is 4.90 Å². The summed E-state index contributed by atoms with van der Waals surface area (Å²) in [5.41, 5.74) is 0.939. The van der Waals surface area contributed by atoms with Crippen molar-refractivity contribution in [3.8, 4) is 11.5 Å². The average molecular weight is 275 g/mol. The maximum absolute atomic E-state index is 12.1. The lowest BCUT2D eigenvalue weighted by Crippen LogP contribution is -2.30. The van der Waals surface area contributed by atoms with E-state index in [1.807, 2.05) is 36.1 Å². The van der Waals surface area contributed by atoms with Crippen molar-refractivity contribution in [2.75, 3.05) is 19.9 Å². The van der Waals surface area contributed by atoms with Crippen molar-refractivity contribution in [3.05, 3.63) is 29.8 Å². The van der Waals surface area contributed by atoms with Gasteiger partial charge in [-0.1, -0.05) is 19.4 Å². The molecule has 1 aliphatic heterocycles. The molecule has 0 bridgehead atoms. The van der Waals surface area contributed by atoms with Gasteiger partial charge in [-0.25, -0.2) is 0 Å². The summed E-state index contributed by atoms with van der Waals surface area (Å²) >= 11 is 0. The fraction of sp³-hybridized carbons (Fsp3) is 0.438. The van der Waals surface area contributed by atoms with Crippen LogP contribution < -0.4 is 9.47 Å². The highest BCUT2D eigenvalue weighted by molar-refractivity contribution is 5.91. The lowest BCUT2D eigenvalue weighted by atomic mass is 10.2. The van der Waals surface area contributed by atoms with E-state index in [0.717, 1.165) is 43.0 Å². The van der Waals surface area contributed by atoms with Crippen LogP contribution in [0.5, 0.6) is 11.5 Å². The molecule has 1 aromatic rings. The zero-order chi connectivity index (χ0) is 14.4. The highest BCUT2D eigenvalue weighted by Crippen LogP contribution is 2.32. The number of amides is 1. The van der Waals surface area contributed by atoms with Gasteiger partial charge < -0.3 is 14.4 Å². The summed E-state index contributed by atoms with van der Waals surface area (Å²) in [7, 11) is 0. The lowest BCUT2D eigenvalue weighted by molar-refractivity contribution is -0.125. The zero-order valence-corrected chi connectivity index (χ0v) is 12.1. The molecule has 0 aromatic heterocycles. The number of carbonyl (C=O) groups is 1. The van der Waals surface area contributed by atoms with Crippen LogP contribution in [-0.4, -0.2) is 30.7 Å². The topological polar surface area (TPSA) is 38.8 Å². The van der Waals surface area contributed by atoms with Crippen molar-refractivity contribution < 1.29 is 14.3 Å². The number of nitrogens with zero attached hydrogens (tertiary/aromatic N) is 1. The Bertz CT molecular complexity index is 496. The number of likely N-dealkylation sites (N-methyl/N-ethyl adjacent to an activating group) is 1. The third-order valence-corrected chi connectivity index (χ3v) is 3.29. The van der Waals surface area contributed by atoms with Crippen LogP contribution in [0, 0.1) is 0 Å². The molecule has 4 heteroatoms. The molecule has 108 valence electrons. The van der Waals surface area contributed by atoms with Crippen LogP contribution >= 0.6 is 0 Å². The molecule has 0 saturated heterocycles. The molecule has 0 unspecified atom stereocenters. The third-order valence-electron chi connectivity index (χ3n) is 3.29. The van der Waals surface area contributed by atoms with E-state index in [0.29, 0.717) is 0 Å². The van der Waals surface area contributed by atoms with Crippen molar-refractivity contribution in [2.24, 2.45) is 0 Å². The van der Waals surface area contributed by atoms with E-state index >= 15 is 0 Å². The lowest BCUT2D eigenvalue weighted by Gasteiger charge is -2.18. The number of carbonyl (C=O) groups excluding carboxylic acids is 1. The quantitative estimate of drug-likeness (QED) is 0.749. The van der Waals surface area contributed by atoms with Gasteiger partial charge in [-0.05, 0) is 37.1 Å². The highest BCUT2D eigenvalue weighted by Gasteiger charge is 2.12. The second-order valence-corrected chi connectivity index (χ2v) is 4.72. The summed E-state index contributed by atoms with van der Waals surface area (Å²) in [6, 6.07) is 5.66. The van der Waals surface area contributed by atoms with E-state index in [2.05, 4.69) is 6.92 Å². The van der Waals surface area contributed by atoms with Crippen molar-refractivity contribution in [3.63, 3.8) is 0 Å². The zero-order valence-electron chi connectivity index (χ0n) is 12.1. The van der Waals surface area contributed by atoms with Crippen LogP contribution in [0.25, 0.3) is 6.08 Å². The molecule has 0 N–H and O–H groups in total. The second kappa shape index (κ2) is 6.98. The van der Waals surface area contributed by atoms with Gasteiger partial charge in [0.2, 0.25) is 12.7 Å². The Labute approximate surface area is 120 Å². The first-order chi connectivity index (χ1) is 9.74. The summed E-state index contributed by atoms with van der Waals surface area (Å²) in [5.74, 6) is 1.54. The van der Waals surface area contributed by atoms with E-state index in [-0.39, 0.29) is 12.7 Å². The highest BCUT2D eigenvalue weighted by atomic mass is 16.7. The predicted molar refractivity (Wildman–Crippen MR) is 78.8 cm³/mol. The molecule has 0 aliphatic carbocycles. The van der Waals surface area contributed by atoms with Crippen LogP contribution in [0.3, 0.4) is 0 Å². The van der Waals surface area contributed by atoms with Crippen LogP contribution in [0.15, 0.2) is 24.3 Å². The Balaban J connectivity index is 1.99. The summed E-state index contributed by atoms with van der Waals surface area (Å²) in [4.78, 5) is 13.9. The SMILES string of the molecule is CCCCN(CC)C(=O)/C=C/c1ccc2c(c1)OCO2. The Morgan fingerprint density at radius 2 is 2.10 bits per heavy atom. The van der Waals surface area contributed by atoms with Gasteiger partial charge >= 0.3 is 0 Å². The molecule has 0 atom stereocenters. The molecule has 0 radical (unpaired) electrons. The van der Waals surface area contributed by atoms with Crippen LogP contribution in [-0.2, 0) is 4.79 Å². The normalized spacial score (nSPS) is 12.9. The van der Waals surface area contributed by atoms with Crippen molar-refractivity contribution >= 4 is 12.0 Å². The molecule has 0 fully saturated rings. The summed E-state index contributed by atoms with van der Waals surface area (Å²) < 4.78 is 10.6. The molecule has 1 heterocycles. The standard InChI is InChI=1S/C16H21NO3/c1-3-5-10-17(4-2)16(18)9-7-13-6-8-14-15(11-13)20-12-19-14/h6-9,11H,3-5,10,12H2,1-2H3/b9-7+. The fourth-order valence-electron chi connectivity index (χ4n) is 2.06. The number of hydrogen-bond acceptors (Lipinski definition) is 3. The predicted octanol–water partition coefficient (Wildman–Crippen LogP) is 3.08. The van der Waals surface area contributed by atoms with Gasteiger partial charge in [0.1, 0.15) is 0 Å². The fourth-order valence-corrected chi connectivity index (χ4v) is 2.06. The van der Waals surface area contributed by atoms with Crippen LogP contribution in [0.1, 0.15) is 32.3 Å². The minimum absolute atomic E-state index is 0.0543. The number of ether oxygens (including phenoxy) is 2. The van der Waals surface area contributed by atoms with E-state index < -0.39 is 0 Å². The van der Waals surface area contributed by atoms with E-state index in [9.17, 15) is 4.79 Å². The number of benzene rings is 1. The minimum atomic E-state index is 0.0543. The molecule has 2 rings (SSSR count). The van der Waals surface area contributed by atoms with Gasteiger partial charge in [-0.3, -0.25) is 4.79 Å². The first kappa shape index (κ1) is 14.4. The van der Waals surface area contributed by atoms with Gasteiger partial charge in [0.15, 0.2) is 11.5 Å². The minimum Gasteiger partial charge on any atom is -0.454 e. The number of fused-ring (bicyclic) bond motifs is 1. The molecule has 1 amide bonds. The molecule has 4 nitrogen and oxygen atoms in total. The summed E-state index contributed by atoms with van der Waals surface area (Å²) in [5, 5.41) is 0. The smallest absolute Gasteiger partial charge is 0.246 e. The Hall–Kier alpha value is -1.97. The maximum atomic E-state index is 12.1. The Kier molecular flexibility index (Phi) is 5.04. The average Bonchev–Trinajstić information content (AvgIpc) is 2.93. The van der Waals surface area contributed by atoms with Gasteiger partial charge in [0.25, 0.3) is 0 Å². The van der Waals surface area contributed by atoms with Crippen LogP contribution in [0.4, 0.5) is 0 Å². The van der Waals surface area contributed by atoms with Crippen LogP contribution in [0.2, 0.25) is 0 Å². The summed E-state index contributed by atoms with van der Waals surface area (Å²) in [6.45, 7) is 5.95. The number of rotatable bonds is 6. The second-order valence-electron chi connectivity index (χ2n) is 4.72. The number of unbranched alkanes of at least 4 members (excludes halogenated alkanes) is 1. The van der Waals surface area contributed by atoms with Gasteiger partial charge in [0.05, 0.1) is 0 Å². The maximum Gasteiger partial charge on any atom is 0.246 e. The first-order valence-electron chi connectivity index (χ1n) is 7.11. The van der Waals surface area contributed by atoms with Crippen molar-refractivity contribution in [1.29, 1.82) is 0 Å². The van der Waals surface area contributed by atoms with Crippen molar-refractivity contribution in [2.45, 2.75) is 26.7 Å². The Morgan fingerprint density at radius 1 is 1.30 bits per heavy atom.